The third-order valence-corrected chi connectivity index (χ3v) is 6.26. The van der Waals surface area contributed by atoms with Gasteiger partial charge in [-0.2, -0.15) is 4.31 Å². The van der Waals surface area contributed by atoms with Gasteiger partial charge in [-0.15, -0.1) is 0 Å². The number of benzene rings is 1. The topological polar surface area (TPSA) is 75.7 Å². The lowest BCUT2D eigenvalue weighted by Crippen LogP contribution is -2.47. The standard InChI is InChI=1S/C17H25ClN2O4S/c1-12-5-6-15(14(18)11-12)25(22,23)20-9-7-13(8-10-20)19-16(21)24-17(2,3)4/h5-6,11,13H,7-10H2,1-4H3,(H,19,21). The number of nitrogens with one attached hydrogen (secondary N) is 1. The highest BCUT2D eigenvalue weighted by Gasteiger charge is 2.31. The number of aryl methyl sites for hydroxylation is 1. The molecule has 1 saturated heterocycles. The van der Waals surface area contributed by atoms with Crippen LogP contribution in [-0.4, -0.2) is 43.5 Å². The quantitative estimate of drug-likeness (QED) is 0.861. The van der Waals surface area contributed by atoms with Crippen LogP contribution in [0.4, 0.5) is 4.79 Å². The van der Waals surface area contributed by atoms with E-state index in [-0.39, 0.29) is 16.0 Å². The number of halogens is 1. The summed E-state index contributed by atoms with van der Waals surface area (Å²) in [7, 11) is -3.63. The van der Waals surface area contributed by atoms with E-state index < -0.39 is 21.7 Å². The first-order chi connectivity index (χ1) is 11.5. The number of sulfonamides is 1. The average Bonchev–Trinajstić information content (AvgIpc) is 2.45. The van der Waals surface area contributed by atoms with Gasteiger partial charge in [-0.05, 0) is 58.2 Å². The number of amides is 1. The van der Waals surface area contributed by atoms with Crippen LogP contribution in [0.25, 0.3) is 0 Å². The Labute approximate surface area is 154 Å². The molecule has 1 aromatic carbocycles. The van der Waals surface area contributed by atoms with Crippen molar-refractivity contribution < 1.29 is 17.9 Å². The van der Waals surface area contributed by atoms with Crippen molar-refractivity contribution >= 4 is 27.7 Å². The SMILES string of the molecule is Cc1ccc(S(=O)(=O)N2CCC(NC(=O)OC(C)(C)C)CC2)c(Cl)c1. The maximum absolute atomic E-state index is 12.8. The van der Waals surface area contributed by atoms with E-state index in [0.29, 0.717) is 25.9 Å². The van der Waals surface area contributed by atoms with Crippen LogP contribution in [0, 0.1) is 6.92 Å². The molecule has 1 aliphatic rings. The Hall–Kier alpha value is -1.31. The van der Waals surface area contributed by atoms with Crippen LogP contribution >= 0.6 is 11.6 Å². The summed E-state index contributed by atoms with van der Waals surface area (Å²) in [4.78, 5) is 11.9. The molecule has 1 heterocycles. The maximum atomic E-state index is 12.8. The fourth-order valence-corrected chi connectivity index (χ4v) is 4.71. The van der Waals surface area contributed by atoms with E-state index in [1.165, 1.54) is 10.4 Å². The molecule has 25 heavy (non-hydrogen) atoms. The molecule has 1 aliphatic heterocycles. The minimum Gasteiger partial charge on any atom is -0.444 e. The third kappa shape index (κ3) is 5.33. The van der Waals surface area contributed by atoms with Crippen molar-refractivity contribution in [2.75, 3.05) is 13.1 Å². The summed E-state index contributed by atoms with van der Waals surface area (Å²) >= 11 is 6.11. The molecule has 140 valence electrons. The average molecular weight is 389 g/mol. The van der Waals surface area contributed by atoms with E-state index >= 15 is 0 Å². The predicted octanol–water partition coefficient (Wildman–Crippen LogP) is 3.33. The maximum Gasteiger partial charge on any atom is 0.407 e. The highest BCUT2D eigenvalue weighted by atomic mass is 35.5. The molecule has 1 N–H and O–H groups in total. The van der Waals surface area contributed by atoms with Crippen LogP contribution in [0.2, 0.25) is 5.02 Å². The summed E-state index contributed by atoms with van der Waals surface area (Å²) in [6.45, 7) is 7.91. The van der Waals surface area contributed by atoms with Crippen molar-refractivity contribution in [2.24, 2.45) is 0 Å². The van der Waals surface area contributed by atoms with Gasteiger partial charge in [0, 0.05) is 19.1 Å². The lowest BCUT2D eigenvalue weighted by molar-refractivity contribution is 0.0489. The summed E-state index contributed by atoms with van der Waals surface area (Å²) in [5.41, 5.74) is 0.347. The molecule has 0 bridgehead atoms. The minimum absolute atomic E-state index is 0.102. The van der Waals surface area contributed by atoms with Crippen LogP contribution in [0.5, 0.6) is 0 Å². The van der Waals surface area contributed by atoms with Gasteiger partial charge in [0.15, 0.2) is 0 Å². The van der Waals surface area contributed by atoms with Crippen molar-refractivity contribution in [3.63, 3.8) is 0 Å². The molecule has 0 aliphatic carbocycles. The first-order valence-electron chi connectivity index (χ1n) is 8.25. The zero-order valence-electron chi connectivity index (χ0n) is 15.0. The minimum atomic E-state index is -3.63. The van der Waals surface area contributed by atoms with Gasteiger partial charge in [0.2, 0.25) is 10.0 Å². The summed E-state index contributed by atoms with van der Waals surface area (Å²) in [6.07, 6.45) is 0.583. The molecular weight excluding hydrogens is 364 g/mol. The number of hydrogen-bond acceptors (Lipinski definition) is 4. The van der Waals surface area contributed by atoms with Crippen LogP contribution in [-0.2, 0) is 14.8 Å². The van der Waals surface area contributed by atoms with E-state index in [0.717, 1.165) is 5.56 Å². The second kappa shape index (κ2) is 7.51. The summed E-state index contributed by atoms with van der Waals surface area (Å²) in [6, 6.07) is 4.81. The molecule has 1 fully saturated rings. The van der Waals surface area contributed by atoms with Gasteiger partial charge in [0.1, 0.15) is 10.5 Å². The Morgan fingerprint density at radius 1 is 1.28 bits per heavy atom. The van der Waals surface area contributed by atoms with Crippen molar-refractivity contribution in [1.29, 1.82) is 0 Å². The van der Waals surface area contributed by atoms with Gasteiger partial charge in [-0.3, -0.25) is 0 Å². The first-order valence-corrected chi connectivity index (χ1v) is 10.1. The largest absolute Gasteiger partial charge is 0.444 e. The van der Waals surface area contributed by atoms with Gasteiger partial charge in [-0.1, -0.05) is 17.7 Å². The second-order valence-electron chi connectivity index (χ2n) is 7.26. The van der Waals surface area contributed by atoms with E-state index in [1.807, 2.05) is 6.92 Å². The summed E-state index contributed by atoms with van der Waals surface area (Å²) in [5.74, 6) is 0. The Morgan fingerprint density at radius 2 is 1.88 bits per heavy atom. The van der Waals surface area contributed by atoms with E-state index in [2.05, 4.69) is 5.32 Å². The number of hydrogen-bond donors (Lipinski definition) is 1. The molecule has 0 unspecified atom stereocenters. The smallest absolute Gasteiger partial charge is 0.407 e. The van der Waals surface area contributed by atoms with Crippen molar-refractivity contribution in [3.8, 4) is 0 Å². The van der Waals surface area contributed by atoms with Crippen LogP contribution in [0.3, 0.4) is 0 Å². The van der Waals surface area contributed by atoms with Gasteiger partial charge >= 0.3 is 6.09 Å². The molecular formula is C17H25ClN2O4S. The van der Waals surface area contributed by atoms with E-state index in [1.54, 1.807) is 32.9 Å². The van der Waals surface area contributed by atoms with Crippen LogP contribution < -0.4 is 5.32 Å². The number of ether oxygens (including phenoxy) is 1. The van der Waals surface area contributed by atoms with Gasteiger partial charge in [0.25, 0.3) is 0 Å². The van der Waals surface area contributed by atoms with Crippen LogP contribution in [0.15, 0.2) is 23.1 Å². The zero-order valence-corrected chi connectivity index (χ0v) is 16.6. The van der Waals surface area contributed by atoms with Gasteiger partial charge in [-0.25, -0.2) is 13.2 Å². The molecule has 1 amide bonds. The fraction of sp³-hybridized carbons (Fsp3) is 0.588. The lowest BCUT2D eigenvalue weighted by Gasteiger charge is -2.32. The zero-order chi connectivity index (χ0) is 18.8. The molecule has 0 saturated carbocycles. The molecule has 6 nitrogen and oxygen atoms in total. The van der Waals surface area contributed by atoms with Crippen molar-refractivity contribution in [3.05, 3.63) is 28.8 Å². The Balaban J connectivity index is 1.98. The van der Waals surface area contributed by atoms with E-state index in [9.17, 15) is 13.2 Å². The second-order valence-corrected chi connectivity index (χ2v) is 9.57. The Bertz CT molecular complexity index is 736. The molecule has 2 rings (SSSR count). The molecule has 1 aromatic rings. The number of carbonyl (C=O) groups is 1. The Morgan fingerprint density at radius 3 is 2.40 bits per heavy atom. The number of alkyl carbamates (subject to hydrolysis) is 1. The Kier molecular flexibility index (Phi) is 6.01. The first kappa shape index (κ1) is 20.0. The molecule has 0 atom stereocenters. The van der Waals surface area contributed by atoms with E-state index in [4.69, 9.17) is 16.3 Å². The lowest BCUT2D eigenvalue weighted by atomic mass is 10.1. The van der Waals surface area contributed by atoms with Gasteiger partial charge in [0.05, 0.1) is 5.02 Å². The highest BCUT2D eigenvalue weighted by molar-refractivity contribution is 7.89. The monoisotopic (exact) mass is 388 g/mol. The van der Waals surface area contributed by atoms with Crippen molar-refractivity contribution in [2.45, 2.75) is 57.1 Å². The third-order valence-electron chi connectivity index (χ3n) is 3.88. The molecule has 0 aromatic heterocycles. The van der Waals surface area contributed by atoms with Crippen molar-refractivity contribution in [1.82, 2.24) is 9.62 Å². The molecule has 8 heteroatoms. The number of rotatable bonds is 3. The normalized spacial score (nSPS) is 17.3. The molecule has 0 spiro atoms. The number of piperidine rings is 1. The van der Waals surface area contributed by atoms with Crippen LogP contribution in [0.1, 0.15) is 39.2 Å². The molecule has 0 radical (unpaired) electrons. The number of nitrogens with zero attached hydrogens (tertiary/aromatic N) is 1. The fourth-order valence-electron chi connectivity index (χ4n) is 2.67. The summed E-state index contributed by atoms with van der Waals surface area (Å²) < 4.78 is 32.2. The summed E-state index contributed by atoms with van der Waals surface area (Å²) in [5, 5.41) is 3.03. The number of carbonyl (C=O) groups excluding carboxylic acids is 1. The predicted molar refractivity (Wildman–Crippen MR) is 97.3 cm³/mol. The van der Waals surface area contributed by atoms with Gasteiger partial charge < -0.3 is 10.1 Å². The highest BCUT2D eigenvalue weighted by Crippen LogP contribution is 2.27.